The number of nitrogens with zero attached hydrogens (tertiary/aromatic N) is 2. The lowest BCUT2D eigenvalue weighted by molar-refractivity contribution is -0.142. The average Bonchev–Trinajstić information content (AvgIpc) is 2.39. The molecule has 1 amide bonds. The summed E-state index contributed by atoms with van der Waals surface area (Å²) in [5, 5.41) is 12.2. The quantitative estimate of drug-likeness (QED) is 0.810. The molecule has 1 rings (SSSR count). The van der Waals surface area contributed by atoms with Crippen LogP contribution in [0.4, 0.5) is 0 Å². The number of hydrogen-bond donors (Lipinski definition) is 1. The molecule has 102 valence electrons. The summed E-state index contributed by atoms with van der Waals surface area (Å²) >= 11 is 0. The van der Waals surface area contributed by atoms with Crippen molar-refractivity contribution in [3.63, 3.8) is 0 Å². The maximum Gasteiger partial charge on any atom is 0.229 e. The van der Waals surface area contributed by atoms with Crippen molar-refractivity contribution in [3.05, 3.63) is 0 Å². The Hall–Kier alpha value is -1.08. The number of nitrogens with one attached hydrogen (secondary N) is 1. The minimum Gasteiger partial charge on any atom is -0.344 e. The Morgan fingerprint density at radius 3 is 2.83 bits per heavy atom. The third-order valence-electron chi connectivity index (χ3n) is 3.77. The Labute approximate surface area is 110 Å². The van der Waals surface area contributed by atoms with Gasteiger partial charge in [-0.2, -0.15) is 5.26 Å². The van der Waals surface area contributed by atoms with Crippen molar-refractivity contribution in [3.8, 4) is 6.07 Å². The molecule has 0 aromatic heterocycles. The van der Waals surface area contributed by atoms with Crippen molar-refractivity contribution in [2.24, 2.45) is 11.3 Å². The van der Waals surface area contributed by atoms with Crippen molar-refractivity contribution in [1.82, 2.24) is 10.2 Å². The van der Waals surface area contributed by atoms with Gasteiger partial charge in [0.05, 0.1) is 17.4 Å². The van der Waals surface area contributed by atoms with E-state index < -0.39 is 0 Å². The van der Waals surface area contributed by atoms with Gasteiger partial charge in [0.15, 0.2) is 0 Å². The van der Waals surface area contributed by atoms with Crippen molar-refractivity contribution in [2.75, 3.05) is 26.7 Å². The highest BCUT2D eigenvalue weighted by molar-refractivity contribution is 5.83. The summed E-state index contributed by atoms with van der Waals surface area (Å²) in [4.78, 5) is 14.4. The predicted molar refractivity (Wildman–Crippen MR) is 71.9 cm³/mol. The first-order valence-electron chi connectivity index (χ1n) is 6.91. The smallest absolute Gasteiger partial charge is 0.229 e. The standard InChI is InChI=1S/C14H25N3O/c1-4-6-14(7-5-8-16-11-14)13(18)17(3)10-12(2)9-15/h12,16H,4-8,10-11H2,1-3H3. The summed E-state index contributed by atoms with van der Waals surface area (Å²) in [7, 11) is 1.82. The van der Waals surface area contributed by atoms with Gasteiger partial charge in [-0.3, -0.25) is 4.79 Å². The van der Waals surface area contributed by atoms with Crippen LogP contribution in [0.3, 0.4) is 0 Å². The summed E-state index contributed by atoms with van der Waals surface area (Å²) in [6.45, 7) is 6.31. The van der Waals surface area contributed by atoms with Crippen LogP contribution in [0.1, 0.15) is 39.5 Å². The van der Waals surface area contributed by atoms with Crippen LogP contribution in [0.2, 0.25) is 0 Å². The second-order valence-electron chi connectivity index (χ2n) is 5.53. The minimum absolute atomic E-state index is 0.103. The summed E-state index contributed by atoms with van der Waals surface area (Å²) in [6, 6.07) is 2.19. The highest BCUT2D eigenvalue weighted by atomic mass is 16.2. The van der Waals surface area contributed by atoms with E-state index in [1.807, 2.05) is 14.0 Å². The Bertz CT molecular complexity index is 310. The normalized spacial score (nSPS) is 25.2. The van der Waals surface area contributed by atoms with E-state index in [1.54, 1.807) is 4.90 Å². The van der Waals surface area contributed by atoms with Crippen molar-refractivity contribution in [1.29, 1.82) is 5.26 Å². The lowest BCUT2D eigenvalue weighted by Gasteiger charge is -2.39. The highest BCUT2D eigenvalue weighted by Gasteiger charge is 2.40. The van der Waals surface area contributed by atoms with E-state index in [0.29, 0.717) is 6.54 Å². The van der Waals surface area contributed by atoms with Gasteiger partial charge in [-0.05, 0) is 32.7 Å². The molecule has 0 bridgehead atoms. The average molecular weight is 251 g/mol. The number of rotatable bonds is 5. The van der Waals surface area contributed by atoms with Gasteiger partial charge in [0.1, 0.15) is 0 Å². The van der Waals surface area contributed by atoms with E-state index in [0.717, 1.165) is 38.8 Å². The Morgan fingerprint density at radius 1 is 1.61 bits per heavy atom. The number of piperidine rings is 1. The molecule has 0 saturated carbocycles. The van der Waals surface area contributed by atoms with E-state index in [9.17, 15) is 4.79 Å². The van der Waals surface area contributed by atoms with Crippen LogP contribution in [0, 0.1) is 22.7 Å². The molecule has 0 radical (unpaired) electrons. The van der Waals surface area contributed by atoms with Gasteiger partial charge in [-0.25, -0.2) is 0 Å². The zero-order chi connectivity index (χ0) is 13.6. The second kappa shape index (κ2) is 6.75. The molecule has 18 heavy (non-hydrogen) atoms. The SMILES string of the molecule is CCCC1(C(=O)N(C)CC(C)C#N)CCCNC1. The van der Waals surface area contributed by atoms with Gasteiger partial charge in [-0.15, -0.1) is 0 Å². The molecule has 1 heterocycles. The maximum absolute atomic E-state index is 12.6. The van der Waals surface area contributed by atoms with Crippen LogP contribution < -0.4 is 5.32 Å². The topological polar surface area (TPSA) is 56.1 Å². The molecule has 0 aromatic rings. The van der Waals surface area contributed by atoms with Crippen LogP contribution in [0.25, 0.3) is 0 Å². The van der Waals surface area contributed by atoms with Crippen molar-refractivity contribution < 1.29 is 4.79 Å². The number of nitriles is 1. The Balaban J connectivity index is 2.73. The van der Waals surface area contributed by atoms with Crippen molar-refractivity contribution in [2.45, 2.75) is 39.5 Å². The lowest BCUT2D eigenvalue weighted by atomic mass is 9.75. The summed E-state index contributed by atoms with van der Waals surface area (Å²) in [5.74, 6) is 0.104. The van der Waals surface area contributed by atoms with E-state index in [4.69, 9.17) is 5.26 Å². The third-order valence-corrected chi connectivity index (χ3v) is 3.77. The fourth-order valence-electron chi connectivity index (χ4n) is 2.89. The molecule has 1 aliphatic rings. The third kappa shape index (κ3) is 3.46. The lowest BCUT2D eigenvalue weighted by Crippen LogP contribution is -2.51. The number of hydrogen-bond acceptors (Lipinski definition) is 3. The fourth-order valence-corrected chi connectivity index (χ4v) is 2.89. The van der Waals surface area contributed by atoms with Gasteiger partial charge in [0.25, 0.3) is 0 Å². The van der Waals surface area contributed by atoms with Crippen molar-refractivity contribution >= 4 is 5.91 Å². The number of amides is 1. The first kappa shape index (κ1) is 15.0. The van der Waals surface area contributed by atoms with E-state index in [2.05, 4.69) is 18.3 Å². The minimum atomic E-state index is -0.239. The van der Waals surface area contributed by atoms with Gasteiger partial charge in [0.2, 0.25) is 5.91 Å². The Morgan fingerprint density at radius 2 is 2.33 bits per heavy atom. The number of carbonyl (C=O) groups is 1. The molecule has 1 fully saturated rings. The molecule has 1 saturated heterocycles. The van der Waals surface area contributed by atoms with Gasteiger partial charge in [-0.1, -0.05) is 13.3 Å². The summed E-state index contributed by atoms with van der Waals surface area (Å²) < 4.78 is 0. The molecule has 1 aliphatic heterocycles. The molecule has 2 atom stereocenters. The molecular formula is C14H25N3O. The molecular weight excluding hydrogens is 226 g/mol. The van der Waals surface area contributed by atoms with Gasteiger partial charge < -0.3 is 10.2 Å². The Kier molecular flexibility index (Phi) is 5.61. The second-order valence-corrected chi connectivity index (χ2v) is 5.53. The monoisotopic (exact) mass is 251 g/mol. The predicted octanol–water partition coefficient (Wildman–Crippen LogP) is 1.77. The van der Waals surface area contributed by atoms with E-state index in [1.165, 1.54) is 0 Å². The van der Waals surface area contributed by atoms with Crippen LogP contribution >= 0.6 is 0 Å². The van der Waals surface area contributed by atoms with Crippen LogP contribution in [0.5, 0.6) is 0 Å². The first-order chi connectivity index (χ1) is 8.55. The summed E-state index contributed by atoms with van der Waals surface area (Å²) in [5.41, 5.74) is -0.239. The molecule has 0 aliphatic carbocycles. The van der Waals surface area contributed by atoms with Gasteiger partial charge in [0, 0.05) is 20.1 Å². The summed E-state index contributed by atoms with van der Waals surface area (Å²) in [6.07, 6.45) is 3.99. The van der Waals surface area contributed by atoms with Crippen LogP contribution in [0.15, 0.2) is 0 Å². The number of carbonyl (C=O) groups excluding carboxylic acids is 1. The van der Waals surface area contributed by atoms with Gasteiger partial charge >= 0.3 is 0 Å². The highest BCUT2D eigenvalue weighted by Crippen LogP contribution is 2.33. The molecule has 4 nitrogen and oxygen atoms in total. The zero-order valence-corrected chi connectivity index (χ0v) is 11.8. The molecule has 4 heteroatoms. The molecule has 1 N–H and O–H groups in total. The van der Waals surface area contributed by atoms with E-state index >= 15 is 0 Å². The zero-order valence-electron chi connectivity index (χ0n) is 11.8. The van der Waals surface area contributed by atoms with E-state index in [-0.39, 0.29) is 17.2 Å². The fraction of sp³-hybridized carbons (Fsp3) is 0.857. The first-order valence-corrected chi connectivity index (χ1v) is 6.91. The maximum atomic E-state index is 12.6. The van der Waals surface area contributed by atoms with Crippen LogP contribution in [-0.4, -0.2) is 37.5 Å². The van der Waals surface area contributed by atoms with Crippen LogP contribution in [-0.2, 0) is 4.79 Å². The molecule has 0 aromatic carbocycles. The molecule has 0 spiro atoms. The largest absolute Gasteiger partial charge is 0.344 e. The molecule has 2 unspecified atom stereocenters.